The number of benzene rings is 1. The molecule has 1 aromatic carbocycles. The highest BCUT2D eigenvalue weighted by Gasteiger charge is 2.09. The Morgan fingerprint density at radius 1 is 1.17 bits per heavy atom. The van der Waals surface area contributed by atoms with Crippen molar-refractivity contribution in [2.75, 3.05) is 0 Å². The van der Waals surface area contributed by atoms with E-state index in [-0.39, 0.29) is 4.71 Å². The van der Waals surface area contributed by atoms with Gasteiger partial charge in [0.2, 0.25) is 0 Å². The van der Waals surface area contributed by atoms with Gasteiger partial charge in [0.25, 0.3) is 0 Å². The highest BCUT2D eigenvalue weighted by Crippen LogP contribution is 2.30. The summed E-state index contributed by atoms with van der Waals surface area (Å²) in [7, 11) is 0. The normalized spacial score (nSPS) is 13.3. The van der Waals surface area contributed by atoms with Crippen molar-refractivity contribution in [2.45, 2.75) is 23.5 Å². The zero-order valence-corrected chi connectivity index (χ0v) is 8.90. The van der Waals surface area contributed by atoms with Crippen molar-refractivity contribution in [2.24, 2.45) is 5.92 Å². The smallest absolute Gasteiger partial charge is 0.0858 e. The van der Waals surface area contributed by atoms with Gasteiger partial charge in [0.1, 0.15) is 0 Å². The van der Waals surface area contributed by atoms with Crippen LogP contribution in [-0.2, 0) is 0 Å². The molecule has 0 saturated heterocycles. The van der Waals surface area contributed by atoms with E-state index in [0.717, 1.165) is 0 Å². The minimum absolute atomic E-state index is 0.174. The zero-order valence-electron chi connectivity index (χ0n) is 7.33. The summed E-state index contributed by atoms with van der Waals surface area (Å²) in [6.45, 7) is 4.27. The van der Waals surface area contributed by atoms with E-state index in [2.05, 4.69) is 26.0 Å². The molecule has 0 aromatic heterocycles. The average Bonchev–Trinajstić information content (AvgIpc) is 2.06. The van der Waals surface area contributed by atoms with E-state index in [1.54, 1.807) is 11.8 Å². The third-order valence-corrected chi connectivity index (χ3v) is 3.60. The predicted octanol–water partition coefficient (Wildman–Crippen LogP) is 4.00. The molecule has 1 aromatic rings. The minimum atomic E-state index is 0.174. The topological polar surface area (TPSA) is 0 Å². The third-order valence-electron chi connectivity index (χ3n) is 1.52. The lowest BCUT2D eigenvalue weighted by Crippen LogP contribution is -2.01. The molecule has 0 saturated carbocycles. The minimum Gasteiger partial charge on any atom is -0.110 e. The molecule has 0 N–H and O–H groups in total. The summed E-state index contributed by atoms with van der Waals surface area (Å²) in [6.07, 6.45) is 0. The quantitative estimate of drug-likeness (QED) is 0.525. The van der Waals surface area contributed by atoms with Gasteiger partial charge < -0.3 is 0 Å². The van der Waals surface area contributed by atoms with Crippen LogP contribution in [0.2, 0.25) is 0 Å². The zero-order chi connectivity index (χ0) is 8.97. The van der Waals surface area contributed by atoms with Crippen LogP contribution in [0.3, 0.4) is 0 Å². The first-order valence-electron chi connectivity index (χ1n) is 4.06. The van der Waals surface area contributed by atoms with E-state index in [1.165, 1.54) is 4.90 Å². The molecule has 0 radical (unpaired) electrons. The van der Waals surface area contributed by atoms with E-state index < -0.39 is 0 Å². The molecule has 1 rings (SSSR count). The summed E-state index contributed by atoms with van der Waals surface area (Å²) in [4.78, 5) is 1.24. The van der Waals surface area contributed by atoms with Gasteiger partial charge in [-0.15, -0.1) is 23.4 Å². The first kappa shape index (κ1) is 9.94. The first-order chi connectivity index (χ1) is 5.70. The van der Waals surface area contributed by atoms with Gasteiger partial charge >= 0.3 is 0 Å². The van der Waals surface area contributed by atoms with Crippen LogP contribution in [0.25, 0.3) is 0 Å². The molecule has 0 nitrogen and oxygen atoms in total. The molecular formula is C10H13ClS. The van der Waals surface area contributed by atoms with E-state index in [0.29, 0.717) is 5.92 Å². The number of rotatable bonds is 3. The summed E-state index contributed by atoms with van der Waals surface area (Å²) >= 11 is 7.83. The third kappa shape index (κ3) is 3.08. The van der Waals surface area contributed by atoms with Gasteiger partial charge in [-0.2, -0.15) is 0 Å². The Bertz CT molecular complexity index is 221. The molecule has 2 heteroatoms. The Balaban J connectivity index is 2.53. The maximum atomic E-state index is 6.11. The summed E-state index contributed by atoms with van der Waals surface area (Å²) in [5, 5.41) is 0. The Labute approximate surface area is 83.3 Å². The Morgan fingerprint density at radius 2 is 1.75 bits per heavy atom. The van der Waals surface area contributed by atoms with Crippen LogP contribution in [0.5, 0.6) is 0 Å². The summed E-state index contributed by atoms with van der Waals surface area (Å²) < 4.78 is 0.174. The van der Waals surface area contributed by atoms with Crippen LogP contribution in [0, 0.1) is 5.92 Å². The molecular weight excluding hydrogens is 188 g/mol. The second-order valence-electron chi connectivity index (χ2n) is 3.03. The average molecular weight is 201 g/mol. The van der Waals surface area contributed by atoms with Gasteiger partial charge in [-0.3, -0.25) is 0 Å². The Morgan fingerprint density at radius 3 is 2.25 bits per heavy atom. The van der Waals surface area contributed by atoms with E-state index in [4.69, 9.17) is 11.6 Å². The van der Waals surface area contributed by atoms with Crippen LogP contribution < -0.4 is 0 Å². The predicted molar refractivity (Wildman–Crippen MR) is 56.8 cm³/mol. The number of hydrogen-bond donors (Lipinski definition) is 0. The van der Waals surface area contributed by atoms with Gasteiger partial charge in [0.15, 0.2) is 0 Å². The maximum Gasteiger partial charge on any atom is 0.0858 e. The number of thioether (sulfide) groups is 1. The highest BCUT2D eigenvalue weighted by atomic mass is 35.5. The molecule has 0 bridgehead atoms. The van der Waals surface area contributed by atoms with Gasteiger partial charge in [0, 0.05) is 4.90 Å². The van der Waals surface area contributed by atoms with Gasteiger partial charge in [0.05, 0.1) is 4.71 Å². The molecule has 1 unspecified atom stereocenters. The van der Waals surface area contributed by atoms with Crippen LogP contribution >= 0.6 is 23.4 Å². The Kier molecular flexibility index (Phi) is 3.96. The summed E-state index contributed by atoms with van der Waals surface area (Å²) in [5.74, 6) is 0.511. The SMILES string of the molecule is CC(C)C(Cl)Sc1ccccc1. The summed E-state index contributed by atoms with van der Waals surface area (Å²) in [5.41, 5.74) is 0. The summed E-state index contributed by atoms with van der Waals surface area (Å²) in [6, 6.07) is 10.3. The van der Waals surface area contributed by atoms with Crippen molar-refractivity contribution in [3.8, 4) is 0 Å². The molecule has 1 atom stereocenters. The second-order valence-corrected chi connectivity index (χ2v) is 4.97. The number of halogens is 1. The maximum absolute atomic E-state index is 6.11. The van der Waals surface area contributed by atoms with Crippen molar-refractivity contribution in [1.82, 2.24) is 0 Å². The molecule has 0 aliphatic heterocycles. The van der Waals surface area contributed by atoms with E-state index >= 15 is 0 Å². The second kappa shape index (κ2) is 4.78. The molecule has 0 fully saturated rings. The monoisotopic (exact) mass is 200 g/mol. The number of alkyl halides is 1. The lowest BCUT2D eigenvalue weighted by atomic mass is 10.3. The van der Waals surface area contributed by atoms with Crippen molar-refractivity contribution in [3.63, 3.8) is 0 Å². The lowest BCUT2D eigenvalue weighted by molar-refractivity contribution is 0.714. The molecule has 0 aliphatic rings. The van der Waals surface area contributed by atoms with Gasteiger partial charge in [-0.1, -0.05) is 32.0 Å². The van der Waals surface area contributed by atoms with Crippen LogP contribution in [-0.4, -0.2) is 4.71 Å². The van der Waals surface area contributed by atoms with Crippen molar-refractivity contribution in [3.05, 3.63) is 30.3 Å². The van der Waals surface area contributed by atoms with E-state index in [1.807, 2.05) is 18.2 Å². The fraction of sp³-hybridized carbons (Fsp3) is 0.400. The highest BCUT2D eigenvalue weighted by molar-refractivity contribution is 8.01. The largest absolute Gasteiger partial charge is 0.110 e. The number of hydrogen-bond acceptors (Lipinski definition) is 1. The van der Waals surface area contributed by atoms with Crippen molar-refractivity contribution in [1.29, 1.82) is 0 Å². The fourth-order valence-corrected chi connectivity index (χ4v) is 1.92. The van der Waals surface area contributed by atoms with Crippen LogP contribution in [0.4, 0.5) is 0 Å². The fourth-order valence-electron chi connectivity index (χ4n) is 0.765. The molecule has 0 aliphatic carbocycles. The van der Waals surface area contributed by atoms with Crippen LogP contribution in [0.15, 0.2) is 35.2 Å². The first-order valence-corrected chi connectivity index (χ1v) is 5.37. The van der Waals surface area contributed by atoms with Crippen LogP contribution in [0.1, 0.15) is 13.8 Å². The van der Waals surface area contributed by atoms with Crippen molar-refractivity contribution >= 4 is 23.4 Å². The molecule has 12 heavy (non-hydrogen) atoms. The van der Waals surface area contributed by atoms with Gasteiger partial charge in [-0.25, -0.2) is 0 Å². The Hall–Kier alpha value is -0.140. The van der Waals surface area contributed by atoms with E-state index in [9.17, 15) is 0 Å². The molecule has 0 amide bonds. The standard InChI is InChI=1S/C10H13ClS/c1-8(2)10(11)12-9-6-4-3-5-7-9/h3-8,10H,1-2H3. The van der Waals surface area contributed by atoms with Crippen molar-refractivity contribution < 1.29 is 0 Å². The molecule has 0 heterocycles. The lowest BCUT2D eigenvalue weighted by Gasteiger charge is -2.11. The van der Waals surface area contributed by atoms with Gasteiger partial charge in [-0.05, 0) is 18.1 Å². The molecule has 0 spiro atoms. The molecule has 66 valence electrons.